The maximum absolute atomic E-state index is 14.3. The number of hydrogen-bond donors (Lipinski definition) is 1. The fourth-order valence-electron chi connectivity index (χ4n) is 6.15. The largest absolute Gasteiger partial charge is 0.379 e. The summed E-state index contributed by atoms with van der Waals surface area (Å²) in [5.74, 6) is -0.254. The highest BCUT2D eigenvalue weighted by molar-refractivity contribution is 6.04. The molecule has 214 valence electrons. The third-order valence-electron chi connectivity index (χ3n) is 8.29. The number of aryl methyl sites for hydroxylation is 1. The molecule has 6 nitrogen and oxygen atoms in total. The average Bonchev–Trinajstić information content (AvgIpc) is 3.43. The highest BCUT2D eigenvalue weighted by Gasteiger charge is 2.47. The highest BCUT2D eigenvalue weighted by atomic mass is 16.5. The Hall–Kier alpha value is -3.90. The SMILES string of the molecule is CCC(C)C(C(=O)NCCCOC(C)C)N1C(=O)c2ccccc2C1c1c(-c2ccccc2)n(C)c2ccccc12. The second-order valence-electron chi connectivity index (χ2n) is 11.3. The maximum atomic E-state index is 14.3. The van der Waals surface area contributed by atoms with Crippen molar-refractivity contribution in [2.24, 2.45) is 13.0 Å². The molecule has 2 heterocycles. The molecule has 0 fully saturated rings. The zero-order valence-corrected chi connectivity index (χ0v) is 24.8. The molecule has 1 aliphatic rings. The molecule has 3 atom stereocenters. The normalized spacial score (nSPS) is 16.3. The van der Waals surface area contributed by atoms with Gasteiger partial charge in [0.05, 0.1) is 17.8 Å². The second-order valence-corrected chi connectivity index (χ2v) is 11.3. The van der Waals surface area contributed by atoms with E-state index in [0.717, 1.165) is 46.1 Å². The van der Waals surface area contributed by atoms with Gasteiger partial charge in [-0.3, -0.25) is 9.59 Å². The molecule has 4 aromatic rings. The molecule has 0 saturated carbocycles. The van der Waals surface area contributed by atoms with E-state index in [1.165, 1.54) is 0 Å². The predicted octanol–water partition coefficient (Wildman–Crippen LogP) is 6.74. The Morgan fingerprint density at radius 3 is 2.37 bits per heavy atom. The van der Waals surface area contributed by atoms with Gasteiger partial charge in [0.2, 0.25) is 5.91 Å². The van der Waals surface area contributed by atoms with E-state index in [4.69, 9.17) is 4.74 Å². The van der Waals surface area contributed by atoms with E-state index in [1.807, 2.05) is 73.3 Å². The van der Waals surface area contributed by atoms with E-state index in [2.05, 4.69) is 55.0 Å². The molecule has 3 unspecified atom stereocenters. The van der Waals surface area contributed by atoms with Crippen LogP contribution >= 0.6 is 0 Å². The van der Waals surface area contributed by atoms with Crippen LogP contribution in [0.2, 0.25) is 0 Å². The van der Waals surface area contributed by atoms with Gasteiger partial charge in [-0.25, -0.2) is 0 Å². The summed E-state index contributed by atoms with van der Waals surface area (Å²) in [6, 6.07) is 25.5. The van der Waals surface area contributed by atoms with Crippen LogP contribution in [0.15, 0.2) is 78.9 Å². The monoisotopic (exact) mass is 551 g/mol. The Labute approximate surface area is 243 Å². The molecule has 2 amide bonds. The van der Waals surface area contributed by atoms with Crippen molar-refractivity contribution in [3.05, 3.63) is 95.6 Å². The van der Waals surface area contributed by atoms with Crippen LogP contribution in [-0.2, 0) is 16.6 Å². The van der Waals surface area contributed by atoms with Gasteiger partial charge >= 0.3 is 0 Å². The summed E-state index contributed by atoms with van der Waals surface area (Å²) in [5.41, 5.74) is 5.88. The lowest BCUT2D eigenvalue weighted by molar-refractivity contribution is -0.127. The summed E-state index contributed by atoms with van der Waals surface area (Å²) < 4.78 is 7.89. The van der Waals surface area contributed by atoms with Crippen LogP contribution < -0.4 is 5.32 Å². The number of nitrogens with zero attached hydrogens (tertiary/aromatic N) is 2. The number of aromatic nitrogens is 1. The van der Waals surface area contributed by atoms with Crippen LogP contribution in [0.1, 0.15) is 68.1 Å². The van der Waals surface area contributed by atoms with E-state index < -0.39 is 12.1 Å². The molecule has 41 heavy (non-hydrogen) atoms. The first-order chi connectivity index (χ1) is 19.8. The van der Waals surface area contributed by atoms with Crippen molar-refractivity contribution in [1.82, 2.24) is 14.8 Å². The first kappa shape index (κ1) is 28.6. The summed E-state index contributed by atoms with van der Waals surface area (Å²) in [7, 11) is 2.08. The van der Waals surface area contributed by atoms with Crippen molar-refractivity contribution in [2.75, 3.05) is 13.2 Å². The third kappa shape index (κ3) is 5.41. The van der Waals surface area contributed by atoms with Crippen molar-refractivity contribution >= 4 is 22.7 Å². The van der Waals surface area contributed by atoms with Crippen LogP contribution in [0.4, 0.5) is 0 Å². The van der Waals surface area contributed by atoms with Gasteiger partial charge < -0.3 is 19.5 Å². The van der Waals surface area contributed by atoms with E-state index in [-0.39, 0.29) is 23.8 Å². The van der Waals surface area contributed by atoms with E-state index >= 15 is 0 Å². The van der Waals surface area contributed by atoms with Gasteiger partial charge in [-0.2, -0.15) is 0 Å². The van der Waals surface area contributed by atoms with Crippen molar-refractivity contribution in [3.8, 4) is 11.3 Å². The molecular weight excluding hydrogens is 510 g/mol. The Bertz CT molecular complexity index is 1520. The summed E-state index contributed by atoms with van der Waals surface area (Å²) in [6.07, 6.45) is 1.64. The standard InChI is InChI=1S/C35H41N3O3/c1-6-24(4)31(34(39)36-21-14-22-41-23(2)3)38-33(26-17-10-11-18-27(26)35(38)40)30-28-19-12-13-20-29(28)37(5)32(30)25-15-8-7-9-16-25/h7-13,15-20,23-24,31,33H,6,14,21-22H2,1-5H3,(H,36,39). The lowest BCUT2D eigenvalue weighted by Crippen LogP contribution is -2.52. The van der Waals surface area contributed by atoms with Crippen molar-refractivity contribution in [1.29, 1.82) is 0 Å². The lowest BCUT2D eigenvalue weighted by atomic mass is 9.90. The molecule has 0 saturated heterocycles. The number of hydrogen-bond acceptors (Lipinski definition) is 3. The highest BCUT2D eigenvalue weighted by Crippen LogP contribution is 2.48. The van der Waals surface area contributed by atoms with Crippen molar-refractivity contribution in [2.45, 2.75) is 58.7 Å². The number of nitrogens with one attached hydrogen (secondary N) is 1. The Kier molecular flexibility index (Phi) is 8.60. The lowest BCUT2D eigenvalue weighted by Gasteiger charge is -2.36. The minimum atomic E-state index is -0.626. The first-order valence-corrected chi connectivity index (χ1v) is 14.8. The van der Waals surface area contributed by atoms with Crippen molar-refractivity contribution < 1.29 is 14.3 Å². The summed E-state index contributed by atoms with van der Waals surface area (Å²) in [5, 5.41) is 4.22. The van der Waals surface area contributed by atoms with Gasteiger partial charge in [-0.1, -0.05) is 87.0 Å². The zero-order valence-electron chi connectivity index (χ0n) is 24.8. The number of carbonyl (C=O) groups is 2. The Balaban J connectivity index is 1.65. The molecule has 0 aliphatic carbocycles. The topological polar surface area (TPSA) is 63.6 Å². The Morgan fingerprint density at radius 1 is 0.951 bits per heavy atom. The predicted molar refractivity (Wildman–Crippen MR) is 165 cm³/mol. The molecule has 0 radical (unpaired) electrons. The van der Waals surface area contributed by atoms with Crippen LogP contribution in [-0.4, -0.2) is 46.6 Å². The van der Waals surface area contributed by atoms with Crippen LogP contribution in [0.25, 0.3) is 22.2 Å². The molecule has 5 rings (SSSR count). The molecule has 3 aromatic carbocycles. The molecule has 6 heteroatoms. The third-order valence-corrected chi connectivity index (χ3v) is 8.29. The number of ether oxygens (including phenoxy) is 1. The maximum Gasteiger partial charge on any atom is 0.255 e. The summed E-state index contributed by atoms with van der Waals surface area (Å²) >= 11 is 0. The molecule has 1 N–H and O–H groups in total. The summed E-state index contributed by atoms with van der Waals surface area (Å²) in [6.45, 7) is 9.25. The van der Waals surface area contributed by atoms with Crippen molar-refractivity contribution in [3.63, 3.8) is 0 Å². The summed E-state index contributed by atoms with van der Waals surface area (Å²) in [4.78, 5) is 30.1. The second kappa shape index (κ2) is 12.3. The number of fused-ring (bicyclic) bond motifs is 2. The quantitative estimate of drug-likeness (QED) is 0.210. The van der Waals surface area contributed by atoms with Gasteiger partial charge in [-0.15, -0.1) is 0 Å². The zero-order chi connectivity index (χ0) is 29.1. The fraction of sp³-hybridized carbons (Fsp3) is 0.371. The minimum Gasteiger partial charge on any atom is -0.379 e. The van der Waals surface area contributed by atoms with Crippen LogP contribution in [0.3, 0.4) is 0 Å². The molecular formula is C35H41N3O3. The molecule has 0 bridgehead atoms. The molecule has 1 aromatic heterocycles. The molecule has 1 aliphatic heterocycles. The van der Waals surface area contributed by atoms with E-state index in [0.29, 0.717) is 18.7 Å². The van der Waals surface area contributed by atoms with E-state index in [9.17, 15) is 9.59 Å². The smallest absolute Gasteiger partial charge is 0.255 e. The Morgan fingerprint density at radius 2 is 1.63 bits per heavy atom. The number of benzene rings is 3. The van der Waals surface area contributed by atoms with Crippen LogP contribution in [0.5, 0.6) is 0 Å². The van der Waals surface area contributed by atoms with Gasteiger partial charge in [0.25, 0.3) is 5.91 Å². The number of rotatable bonds is 11. The minimum absolute atomic E-state index is 0.0437. The average molecular weight is 552 g/mol. The van der Waals surface area contributed by atoms with Crippen LogP contribution in [0, 0.1) is 5.92 Å². The van der Waals surface area contributed by atoms with Gasteiger partial charge in [0.15, 0.2) is 0 Å². The van der Waals surface area contributed by atoms with Gasteiger partial charge in [0, 0.05) is 42.2 Å². The fourth-order valence-corrected chi connectivity index (χ4v) is 6.15. The first-order valence-electron chi connectivity index (χ1n) is 14.8. The number of amides is 2. The molecule has 0 spiro atoms. The van der Waals surface area contributed by atoms with Gasteiger partial charge in [-0.05, 0) is 49.4 Å². The van der Waals surface area contributed by atoms with Gasteiger partial charge in [0.1, 0.15) is 6.04 Å². The number of carbonyl (C=O) groups excluding carboxylic acids is 2. The number of para-hydroxylation sites is 1. The van der Waals surface area contributed by atoms with E-state index in [1.54, 1.807) is 0 Å².